The van der Waals surface area contributed by atoms with Gasteiger partial charge in [-0.1, -0.05) is 42.5 Å². The van der Waals surface area contributed by atoms with Crippen molar-refractivity contribution in [3.63, 3.8) is 0 Å². The van der Waals surface area contributed by atoms with Crippen molar-refractivity contribution in [3.05, 3.63) is 59.7 Å². The van der Waals surface area contributed by atoms with E-state index in [0.717, 1.165) is 25.9 Å². The summed E-state index contributed by atoms with van der Waals surface area (Å²) in [5.74, 6) is 0.417. The van der Waals surface area contributed by atoms with Gasteiger partial charge in [-0.15, -0.1) is 0 Å². The average molecular weight is 377 g/mol. The van der Waals surface area contributed by atoms with Gasteiger partial charge in [0, 0.05) is 39.6 Å². The molecule has 2 aromatic carbocycles. The summed E-state index contributed by atoms with van der Waals surface area (Å²) in [6.45, 7) is 2.72. The number of urea groups is 1. The van der Waals surface area contributed by atoms with Gasteiger partial charge in [-0.3, -0.25) is 4.79 Å². The molecule has 5 nitrogen and oxygen atoms in total. The maximum absolute atomic E-state index is 12.7. The third-order valence-corrected chi connectivity index (χ3v) is 5.92. The van der Waals surface area contributed by atoms with Crippen molar-refractivity contribution >= 4 is 11.9 Å². The summed E-state index contributed by atoms with van der Waals surface area (Å²) in [5, 5.41) is 3.05. The normalized spacial score (nSPS) is 19.3. The Morgan fingerprint density at radius 1 is 1.07 bits per heavy atom. The first-order valence-corrected chi connectivity index (χ1v) is 10.0. The van der Waals surface area contributed by atoms with Crippen LogP contribution in [0, 0.1) is 5.92 Å². The Bertz CT molecular complexity index is 865. The van der Waals surface area contributed by atoms with Crippen LogP contribution in [0.4, 0.5) is 4.79 Å². The SMILES string of the molecule is CN1CCC(CNC(=O)N2CCc3ccc(-c4ccccc4)cc3C2)CC1=O. The molecular formula is C23H27N3O2. The number of amides is 3. The van der Waals surface area contributed by atoms with Crippen molar-refractivity contribution in [1.29, 1.82) is 0 Å². The summed E-state index contributed by atoms with van der Waals surface area (Å²) in [6, 6.07) is 16.9. The quantitative estimate of drug-likeness (QED) is 0.892. The molecule has 2 aliphatic heterocycles. The molecule has 0 spiro atoms. The van der Waals surface area contributed by atoms with E-state index in [2.05, 4.69) is 35.6 Å². The van der Waals surface area contributed by atoms with Crippen LogP contribution < -0.4 is 5.32 Å². The Morgan fingerprint density at radius 2 is 1.89 bits per heavy atom. The number of nitrogens with zero attached hydrogens (tertiary/aromatic N) is 2. The molecule has 146 valence electrons. The second-order valence-corrected chi connectivity index (χ2v) is 7.88. The fraction of sp³-hybridized carbons (Fsp3) is 0.391. The summed E-state index contributed by atoms with van der Waals surface area (Å²) in [4.78, 5) is 28.2. The van der Waals surface area contributed by atoms with E-state index in [4.69, 9.17) is 0 Å². The molecule has 0 radical (unpaired) electrons. The van der Waals surface area contributed by atoms with Gasteiger partial charge in [-0.2, -0.15) is 0 Å². The number of benzene rings is 2. The van der Waals surface area contributed by atoms with Gasteiger partial charge < -0.3 is 15.1 Å². The zero-order valence-electron chi connectivity index (χ0n) is 16.4. The van der Waals surface area contributed by atoms with Gasteiger partial charge in [0.2, 0.25) is 5.91 Å². The van der Waals surface area contributed by atoms with E-state index in [1.165, 1.54) is 22.3 Å². The Hall–Kier alpha value is -2.82. The predicted molar refractivity (Wildman–Crippen MR) is 110 cm³/mol. The van der Waals surface area contributed by atoms with Crippen LogP contribution >= 0.6 is 0 Å². The van der Waals surface area contributed by atoms with Crippen molar-refractivity contribution in [2.24, 2.45) is 5.92 Å². The van der Waals surface area contributed by atoms with E-state index in [0.29, 0.717) is 19.5 Å². The fourth-order valence-corrected chi connectivity index (χ4v) is 4.06. The van der Waals surface area contributed by atoms with Crippen molar-refractivity contribution in [2.45, 2.75) is 25.8 Å². The molecule has 1 unspecified atom stereocenters. The Morgan fingerprint density at radius 3 is 2.68 bits per heavy atom. The predicted octanol–water partition coefficient (Wildman–Crippen LogP) is 3.29. The molecule has 0 aliphatic carbocycles. The first kappa shape index (κ1) is 18.5. The molecule has 3 amide bonds. The molecule has 0 bridgehead atoms. The van der Waals surface area contributed by atoms with Gasteiger partial charge in [0.1, 0.15) is 0 Å². The highest BCUT2D eigenvalue weighted by atomic mass is 16.2. The molecule has 1 saturated heterocycles. The van der Waals surface area contributed by atoms with E-state index < -0.39 is 0 Å². The zero-order chi connectivity index (χ0) is 19.5. The van der Waals surface area contributed by atoms with Gasteiger partial charge in [-0.05, 0) is 47.1 Å². The van der Waals surface area contributed by atoms with Gasteiger partial charge in [0.05, 0.1) is 0 Å². The van der Waals surface area contributed by atoms with Gasteiger partial charge in [0.15, 0.2) is 0 Å². The topological polar surface area (TPSA) is 52.7 Å². The maximum atomic E-state index is 12.7. The van der Waals surface area contributed by atoms with Gasteiger partial charge in [0.25, 0.3) is 0 Å². The highest BCUT2D eigenvalue weighted by Gasteiger charge is 2.25. The number of fused-ring (bicyclic) bond motifs is 1. The highest BCUT2D eigenvalue weighted by Crippen LogP contribution is 2.26. The number of piperidine rings is 1. The molecule has 1 atom stereocenters. The van der Waals surface area contributed by atoms with Crippen molar-refractivity contribution in [1.82, 2.24) is 15.1 Å². The van der Waals surface area contributed by atoms with Crippen LogP contribution in [0.3, 0.4) is 0 Å². The molecule has 4 rings (SSSR count). The molecule has 1 N–H and O–H groups in total. The van der Waals surface area contributed by atoms with Crippen LogP contribution in [-0.2, 0) is 17.8 Å². The molecular weight excluding hydrogens is 350 g/mol. The smallest absolute Gasteiger partial charge is 0.317 e. The summed E-state index contributed by atoms with van der Waals surface area (Å²) in [7, 11) is 1.84. The minimum Gasteiger partial charge on any atom is -0.346 e. The Kier molecular flexibility index (Phi) is 5.33. The summed E-state index contributed by atoms with van der Waals surface area (Å²) >= 11 is 0. The number of carbonyl (C=O) groups excluding carboxylic acids is 2. The fourth-order valence-electron chi connectivity index (χ4n) is 4.06. The first-order valence-electron chi connectivity index (χ1n) is 10.0. The lowest BCUT2D eigenvalue weighted by Crippen LogP contribution is -2.46. The molecule has 2 aromatic rings. The molecule has 1 fully saturated rings. The van der Waals surface area contributed by atoms with E-state index in [1.807, 2.05) is 30.1 Å². The minimum absolute atomic E-state index is 0.0258. The second kappa shape index (κ2) is 8.05. The lowest BCUT2D eigenvalue weighted by Gasteiger charge is -2.32. The van der Waals surface area contributed by atoms with Crippen LogP contribution in [0.15, 0.2) is 48.5 Å². The summed E-state index contributed by atoms with van der Waals surface area (Å²) in [5.41, 5.74) is 4.92. The van der Waals surface area contributed by atoms with Gasteiger partial charge in [-0.25, -0.2) is 4.79 Å². The molecule has 2 aliphatic rings. The van der Waals surface area contributed by atoms with Crippen molar-refractivity contribution in [2.75, 3.05) is 26.7 Å². The molecule has 0 saturated carbocycles. The third kappa shape index (κ3) is 4.03. The van der Waals surface area contributed by atoms with Gasteiger partial charge >= 0.3 is 6.03 Å². The molecule has 2 heterocycles. The molecule has 0 aromatic heterocycles. The summed E-state index contributed by atoms with van der Waals surface area (Å²) in [6.07, 6.45) is 2.36. The van der Waals surface area contributed by atoms with E-state index in [9.17, 15) is 9.59 Å². The number of rotatable bonds is 3. The number of hydrogen-bond donors (Lipinski definition) is 1. The monoisotopic (exact) mass is 377 g/mol. The van der Waals surface area contributed by atoms with E-state index in [-0.39, 0.29) is 17.9 Å². The summed E-state index contributed by atoms with van der Waals surface area (Å²) < 4.78 is 0. The Balaban J connectivity index is 1.38. The maximum Gasteiger partial charge on any atom is 0.317 e. The van der Waals surface area contributed by atoms with E-state index >= 15 is 0 Å². The largest absolute Gasteiger partial charge is 0.346 e. The standard InChI is InChI=1S/C23H27N3O2/c1-25-11-9-17(13-22(25)27)15-24-23(28)26-12-10-19-7-8-20(14-21(19)16-26)18-5-3-2-4-6-18/h2-8,14,17H,9-13,15-16H2,1H3,(H,24,28). The number of nitrogens with one attached hydrogen (secondary N) is 1. The average Bonchev–Trinajstić information content (AvgIpc) is 2.74. The number of likely N-dealkylation sites (tertiary alicyclic amines) is 1. The Labute approximate surface area is 166 Å². The van der Waals surface area contributed by atoms with Crippen LogP contribution in [0.1, 0.15) is 24.0 Å². The van der Waals surface area contributed by atoms with Crippen molar-refractivity contribution in [3.8, 4) is 11.1 Å². The lowest BCUT2D eigenvalue weighted by atomic mass is 9.95. The first-order chi connectivity index (χ1) is 13.6. The second-order valence-electron chi connectivity index (χ2n) is 7.88. The minimum atomic E-state index is -0.0258. The van der Waals surface area contributed by atoms with Crippen molar-refractivity contribution < 1.29 is 9.59 Å². The van der Waals surface area contributed by atoms with Crippen LogP contribution in [-0.4, -0.2) is 48.4 Å². The zero-order valence-corrected chi connectivity index (χ0v) is 16.4. The third-order valence-electron chi connectivity index (χ3n) is 5.92. The lowest BCUT2D eigenvalue weighted by molar-refractivity contribution is -0.133. The number of carbonyl (C=O) groups is 2. The van der Waals surface area contributed by atoms with Crippen LogP contribution in [0.2, 0.25) is 0 Å². The molecule has 28 heavy (non-hydrogen) atoms. The highest BCUT2D eigenvalue weighted by molar-refractivity contribution is 5.77. The van der Waals surface area contributed by atoms with Crippen LogP contribution in [0.5, 0.6) is 0 Å². The van der Waals surface area contributed by atoms with Crippen LogP contribution in [0.25, 0.3) is 11.1 Å². The molecule has 5 heteroatoms. The van der Waals surface area contributed by atoms with E-state index in [1.54, 1.807) is 4.90 Å². The number of hydrogen-bond acceptors (Lipinski definition) is 2.